The van der Waals surface area contributed by atoms with E-state index in [0.717, 1.165) is 25.2 Å². The Balaban J connectivity index is 1.91. The van der Waals surface area contributed by atoms with Crippen LogP contribution in [0.2, 0.25) is 0 Å². The van der Waals surface area contributed by atoms with E-state index in [-0.39, 0.29) is 0 Å². The van der Waals surface area contributed by atoms with Gasteiger partial charge < -0.3 is 10.2 Å². The minimum atomic E-state index is -0.689. The molecule has 0 bridgehead atoms. The van der Waals surface area contributed by atoms with Gasteiger partial charge in [0.1, 0.15) is 0 Å². The van der Waals surface area contributed by atoms with Crippen molar-refractivity contribution in [2.24, 2.45) is 4.99 Å². The molecule has 5 nitrogen and oxygen atoms in total. The van der Waals surface area contributed by atoms with Gasteiger partial charge in [-0.1, -0.05) is 5.92 Å². The third-order valence-electron chi connectivity index (χ3n) is 3.01. The molecule has 0 saturated carbocycles. The summed E-state index contributed by atoms with van der Waals surface area (Å²) < 4.78 is 0. The Morgan fingerprint density at radius 1 is 1.56 bits per heavy atom. The van der Waals surface area contributed by atoms with Crippen LogP contribution in [0.3, 0.4) is 0 Å². The molecule has 0 radical (unpaired) electrons. The van der Waals surface area contributed by atoms with Crippen LogP contribution in [-0.4, -0.2) is 48.5 Å². The van der Waals surface area contributed by atoms with Crippen LogP contribution in [0, 0.1) is 11.8 Å². The molecular weight excluding hydrogens is 230 g/mol. The average molecular weight is 245 g/mol. The van der Waals surface area contributed by atoms with E-state index in [1.54, 1.807) is 0 Å². The highest BCUT2D eigenvalue weighted by Gasteiger charge is 2.25. The lowest BCUT2D eigenvalue weighted by Gasteiger charge is -2.20. The molecule has 2 aliphatic heterocycles. The summed E-state index contributed by atoms with van der Waals surface area (Å²) in [6, 6.07) is 0.368. The van der Waals surface area contributed by atoms with Gasteiger partial charge in [0.05, 0.1) is 18.5 Å². The summed E-state index contributed by atoms with van der Waals surface area (Å²) in [5.41, 5.74) is 0.727. The van der Waals surface area contributed by atoms with Crippen molar-refractivity contribution in [3.63, 3.8) is 0 Å². The molecule has 1 N–H and O–H groups in total. The summed E-state index contributed by atoms with van der Waals surface area (Å²) in [5.74, 6) is 4.57. The number of hydrogen-bond donors (Lipinski definition) is 1. The number of aliphatic imine (C=N–C) groups is 1. The van der Waals surface area contributed by atoms with Crippen molar-refractivity contribution >= 4 is 17.9 Å². The lowest BCUT2D eigenvalue weighted by Crippen LogP contribution is -2.33. The summed E-state index contributed by atoms with van der Waals surface area (Å²) in [7, 11) is 0. The van der Waals surface area contributed by atoms with Gasteiger partial charge in [-0.05, 0) is 13.3 Å². The van der Waals surface area contributed by atoms with E-state index in [2.05, 4.69) is 27.0 Å². The van der Waals surface area contributed by atoms with Gasteiger partial charge in [0.15, 0.2) is 0 Å². The first kappa shape index (κ1) is 12.5. The molecule has 1 amide bonds. The fourth-order valence-electron chi connectivity index (χ4n) is 2.04. The summed E-state index contributed by atoms with van der Waals surface area (Å²) in [6.07, 6.45) is 3.83. The van der Waals surface area contributed by atoms with Crippen LogP contribution in [0.5, 0.6) is 0 Å². The molecule has 0 spiro atoms. The standard InChI is InChI=1S/C13H15N3O2/c1-2-3-5-14-10-4-6-16(9-10)11-7-12(17)13(18)15-8-11/h7-8,10,14H,4-6,9H2,1H3/t10-/m0/s1. The molecule has 1 atom stereocenters. The van der Waals surface area contributed by atoms with Crippen molar-refractivity contribution in [2.45, 2.75) is 19.4 Å². The van der Waals surface area contributed by atoms with E-state index in [1.165, 1.54) is 12.3 Å². The summed E-state index contributed by atoms with van der Waals surface area (Å²) in [6.45, 7) is 4.16. The number of carbonyl (C=O) groups is 2. The molecule has 2 heterocycles. The van der Waals surface area contributed by atoms with Crippen molar-refractivity contribution in [1.82, 2.24) is 10.2 Å². The zero-order chi connectivity index (χ0) is 13.0. The van der Waals surface area contributed by atoms with E-state index in [0.29, 0.717) is 12.6 Å². The number of likely N-dealkylation sites (tertiary alicyclic amines) is 1. The maximum absolute atomic E-state index is 11.3. The quantitative estimate of drug-likeness (QED) is 0.549. The minimum absolute atomic E-state index is 0.368. The average Bonchev–Trinajstić information content (AvgIpc) is 2.82. The molecule has 0 aromatic rings. The molecular formula is C13H15N3O2. The van der Waals surface area contributed by atoms with Gasteiger partial charge in [0, 0.05) is 25.2 Å². The van der Waals surface area contributed by atoms with Crippen LogP contribution in [-0.2, 0) is 9.59 Å². The Morgan fingerprint density at radius 3 is 3.11 bits per heavy atom. The maximum atomic E-state index is 11.3. The molecule has 0 unspecified atom stereocenters. The van der Waals surface area contributed by atoms with E-state index >= 15 is 0 Å². The van der Waals surface area contributed by atoms with Crippen molar-refractivity contribution in [1.29, 1.82) is 0 Å². The predicted octanol–water partition coefficient (Wildman–Crippen LogP) is -0.262. The van der Waals surface area contributed by atoms with E-state index in [9.17, 15) is 9.59 Å². The first-order chi connectivity index (χ1) is 8.70. The summed E-state index contributed by atoms with van der Waals surface area (Å²) in [4.78, 5) is 27.8. The first-order valence-electron chi connectivity index (χ1n) is 5.92. The highest BCUT2D eigenvalue weighted by molar-refractivity contribution is 6.44. The van der Waals surface area contributed by atoms with Crippen molar-refractivity contribution in [3.8, 4) is 11.8 Å². The number of nitrogens with zero attached hydrogens (tertiary/aromatic N) is 2. The second-order valence-electron chi connectivity index (χ2n) is 4.24. The van der Waals surface area contributed by atoms with Crippen molar-refractivity contribution < 1.29 is 9.59 Å². The number of carbonyl (C=O) groups excluding carboxylic acids is 2. The van der Waals surface area contributed by atoms with Gasteiger partial charge in [-0.25, -0.2) is 4.99 Å². The SMILES string of the molecule is CC#CCN[C@H]1CCN(C2=CC(=O)C(=O)N=C2)C1. The largest absolute Gasteiger partial charge is 0.369 e. The van der Waals surface area contributed by atoms with Crippen LogP contribution in [0.4, 0.5) is 0 Å². The van der Waals surface area contributed by atoms with Crippen molar-refractivity contribution in [3.05, 3.63) is 11.8 Å². The monoisotopic (exact) mass is 245 g/mol. The first-order valence-corrected chi connectivity index (χ1v) is 5.92. The third kappa shape index (κ3) is 2.84. The fraction of sp³-hybridized carbons (Fsp3) is 0.462. The minimum Gasteiger partial charge on any atom is -0.369 e. The lowest BCUT2D eigenvalue weighted by molar-refractivity contribution is -0.133. The van der Waals surface area contributed by atoms with Crippen LogP contribution < -0.4 is 5.32 Å². The Bertz CT molecular complexity index is 482. The molecule has 0 aromatic heterocycles. The second kappa shape index (κ2) is 5.61. The molecule has 5 heteroatoms. The predicted molar refractivity (Wildman–Crippen MR) is 68.0 cm³/mol. The molecule has 1 saturated heterocycles. The normalized spacial score (nSPS) is 22.8. The smallest absolute Gasteiger partial charge is 0.317 e. The van der Waals surface area contributed by atoms with Crippen LogP contribution in [0.1, 0.15) is 13.3 Å². The number of allylic oxidation sites excluding steroid dienone is 1. The molecule has 2 aliphatic rings. The molecule has 0 aliphatic carbocycles. The number of amides is 1. The Labute approximate surface area is 106 Å². The zero-order valence-electron chi connectivity index (χ0n) is 10.3. The zero-order valence-corrected chi connectivity index (χ0v) is 10.3. The third-order valence-corrected chi connectivity index (χ3v) is 3.01. The fourth-order valence-corrected chi connectivity index (χ4v) is 2.04. The highest BCUT2D eigenvalue weighted by atomic mass is 16.2. The summed E-state index contributed by atoms with van der Waals surface area (Å²) >= 11 is 0. The van der Waals surface area contributed by atoms with Gasteiger partial charge in [-0.15, -0.1) is 5.92 Å². The van der Waals surface area contributed by atoms with Crippen LogP contribution in [0.25, 0.3) is 0 Å². The number of dihydropyridines is 1. The van der Waals surface area contributed by atoms with Gasteiger partial charge in [-0.2, -0.15) is 0 Å². The lowest BCUT2D eigenvalue weighted by atomic mass is 10.2. The van der Waals surface area contributed by atoms with E-state index in [4.69, 9.17) is 0 Å². The van der Waals surface area contributed by atoms with Gasteiger partial charge in [-0.3, -0.25) is 9.59 Å². The van der Waals surface area contributed by atoms with Crippen LogP contribution >= 0.6 is 0 Å². The second-order valence-corrected chi connectivity index (χ2v) is 4.24. The maximum Gasteiger partial charge on any atom is 0.317 e. The molecule has 94 valence electrons. The Kier molecular flexibility index (Phi) is 3.90. The summed E-state index contributed by atoms with van der Waals surface area (Å²) in [5, 5.41) is 3.33. The van der Waals surface area contributed by atoms with E-state index in [1.807, 2.05) is 6.92 Å². The number of nitrogens with one attached hydrogen (secondary N) is 1. The Hall–Kier alpha value is -1.93. The molecule has 0 aromatic carbocycles. The molecule has 2 rings (SSSR count). The van der Waals surface area contributed by atoms with Crippen molar-refractivity contribution in [2.75, 3.05) is 19.6 Å². The highest BCUT2D eigenvalue weighted by Crippen LogP contribution is 2.15. The van der Waals surface area contributed by atoms with Crippen LogP contribution in [0.15, 0.2) is 16.8 Å². The van der Waals surface area contributed by atoms with Gasteiger partial charge >= 0.3 is 5.91 Å². The number of rotatable bonds is 3. The van der Waals surface area contributed by atoms with Gasteiger partial charge in [0.25, 0.3) is 0 Å². The Morgan fingerprint density at radius 2 is 2.39 bits per heavy atom. The molecule has 1 fully saturated rings. The van der Waals surface area contributed by atoms with E-state index < -0.39 is 11.7 Å². The number of ketones is 1. The number of hydrogen-bond acceptors (Lipinski definition) is 4. The molecule has 18 heavy (non-hydrogen) atoms. The topological polar surface area (TPSA) is 61.8 Å². The van der Waals surface area contributed by atoms with Gasteiger partial charge in [0.2, 0.25) is 5.78 Å².